The van der Waals surface area contributed by atoms with Gasteiger partial charge in [-0.2, -0.15) is 26.8 Å². The molecule has 1 aromatic heterocycles. The molecule has 0 atom stereocenters. The van der Waals surface area contributed by atoms with Crippen LogP contribution in [0.3, 0.4) is 0 Å². The Morgan fingerprint density at radius 1 is 0.800 bits per heavy atom. The average Bonchev–Trinajstić information content (AvgIpc) is 2.90. The zero-order chi connectivity index (χ0) is 29.1. The van der Waals surface area contributed by atoms with E-state index in [4.69, 9.17) is 5.73 Å². The molecule has 0 fully saturated rings. The molecule has 0 bridgehead atoms. The van der Waals surface area contributed by atoms with Crippen LogP contribution in [-0.2, 0) is 30.3 Å². The van der Waals surface area contributed by atoms with Gasteiger partial charge < -0.3 is 5.73 Å². The van der Waals surface area contributed by atoms with Crippen molar-refractivity contribution in [1.82, 2.24) is 19.8 Å². The average molecular weight is 605 g/mol. The summed E-state index contributed by atoms with van der Waals surface area (Å²) in [4.78, 5) is 12.3. The molecule has 4 rings (SSSR count). The van der Waals surface area contributed by atoms with Crippen molar-refractivity contribution in [1.29, 1.82) is 0 Å². The zero-order valence-electron chi connectivity index (χ0n) is 20.1. The molecule has 40 heavy (non-hydrogen) atoms. The van der Waals surface area contributed by atoms with Gasteiger partial charge in [0.15, 0.2) is 0 Å². The lowest BCUT2D eigenvalue weighted by molar-refractivity contribution is 0.480. The molecule has 208 valence electrons. The van der Waals surface area contributed by atoms with Crippen molar-refractivity contribution in [2.75, 3.05) is 10.7 Å². The molecule has 17 heteroatoms. The predicted octanol–water partition coefficient (Wildman–Crippen LogP) is 1.85. The largest absolute Gasteiger partial charge is 0.399 e. The zero-order valence-corrected chi connectivity index (χ0v) is 22.5. The first-order chi connectivity index (χ1) is 18.8. The molecule has 0 saturated heterocycles. The van der Waals surface area contributed by atoms with Crippen molar-refractivity contribution in [2.45, 2.75) is 14.7 Å². The first kappa shape index (κ1) is 28.7. The van der Waals surface area contributed by atoms with Crippen molar-refractivity contribution < 1.29 is 34.4 Å². The number of rotatable bonds is 9. The van der Waals surface area contributed by atoms with E-state index in [1.165, 1.54) is 54.6 Å². The van der Waals surface area contributed by atoms with Crippen LogP contribution in [0.15, 0.2) is 100 Å². The fraction of sp³-hybridized carbons (Fsp3) is 0. The van der Waals surface area contributed by atoms with Crippen LogP contribution in [-0.4, -0.2) is 49.3 Å². The minimum Gasteiger partial charge on any atom is -0.399 e. The lowest BCUT2D eigenvalue weighted by atomic mass is 10.1. The highest BCUT2D eigenvalue weighted by Gasteiger charge is 2.29. The van der Waals surface area contributed by atoms with Crippen LogP contribution in [0.1, 0.15) is 11.1 Å². The summed E-state index contributed by atoms with van der Waals surface area (Å²) in [6.07, 6.45) is 3.13. The van der Waals surface area contributed by atoms with E-state index in [1.54, 1.807) is 0 Å². The number of anilines is 2. The van der Waals surface area contributed by atoms with Crippen LogP contribution < -0.4 is 15.6 Å². The van der Waals surface area contributed by atoms with Crippen LogP contribution in [0.5, 0.6) is 0 Å². The summed E-state index contributed by atoms with van der Waals surface area (Å²) in [5.74, 6) is -0.372. The second-order valence-electron chi connectivity index (χ2n) is 7.95. The number of hydrogen-bond donors (Lipinski definition) is 4. The van der Waals surface area contributed by atoms with E-state index >= 15 is 0 Å². The summed E-state index contributed by atoms with van der Waals surface area (Å²) >= 11 is 0. The highest BCUT2D eigenvalue weighted by molar-refractivity contribution is 7.89. The lowest BCUT2D eigenvalue weighted by Crippen LogP contribution is -2.42. The highest BCUT2D eigenvalue weighted by atomic mass is 32.2. The van der Waals surface area contributed by atoms with E-state index in [0.717, 1.165) is 41.9 Å². The maximum Gasteiger partial charge on any atom is 0.295 e. The molecule has 0 unspecified atom stereocenters. The van der Waals surface area contributed by atoms with Crippen LogP contribution in [0, 0.1) is 0 Å². The Morgan fingerprint density at radius 3 is 2.02 bits per heavy atom. The third-order valence-corrected chi connectivity index (χ3v) is 8.37. The number of hydrogen-bond acceptors (Lipinski definition) is 11. The molecular weight excluding hydrogens is 584 g/mol. The van der Waals surface area contributed by atoms with Crippen LogP contribution in [0.4, 0.5) is 11.6 Å². The van der Waals surface area contributed by atoms with Crippen molar-refractivity contribution in [3.05, 3.63) is 96.6 Å². The molecule has 0 aliphatic heterocycles. The fourth-order valence-electron chi connectivity index (χ4n) is 3.55. The molecule has 0 amide bonds. The maximum atomic E-state index is 13.5. The normalized spacial score (nSPS) is 12.7. The van der Waals surface area contributed by atoms with Gasteiger partial charge in [0.2, 0.25) is 5.95 Å². The summed E-state index contributed by atoms with van der Waals surface area (Å²) < 4.78 is 95.5. The van der Waals surface area contributed by atoms with Crippen molar-refractivity contribution in [3.63, 3.8) is 0 Å². The van der Waals surface area contributed by atoms with Gasteiger partial charge in [-0.3, -0.25) is 9.11 Å². The fourth-order valence-corrected chi connectivity index (χ4v) is 6.00. The standard InChI is InChI=1S/C23H20N6O8S3/c24-17-7-5-8-18(13-17)38(30,31)28-29(23-26-14-25-15-27-23)20(19-9-2-4-11-22(19)40(35,36)37)12-16-6-1-3-10-21(16)39(32,33)34/h1-15,28H,24H2,(H,32,33,34)(H,35,36,37). The van der Waals surface area contributed by atoms with E-state index in [9.17, 15) is 34.4 Å². The lowest BCUT2D eigenvalue weighted by Gasteiger charge is -2.27. The van der Waals surface area contributed by atoms with Gasteiger partial charge in [-0.25, -0.2) is 18.4 Å². The SMILES string of the molecule is Nc1cccc(S(=O)(=O)NN(C(=Cc2ccccc2S(=O)(=O)O)c2ccccc2S(=O)(=O)O)c2ncncn2)c1. The van der Waals surface area contributed by atoms with Gasteiger partial charge in [-0.1, -0.05) is 42.5 Å². The molecular formula is C23H20N6O8S3. The molecule has 4 aromatic rings. The van der Waals surface area contributed by atoms with Crippen LogP contribution in [0.25, 0.3) is 11.8 Å². The van der Waals surface area contributed by atoms with Crippen molar-refractivity contribution in [3.8, 4) is 0 Å². The third-order valence-electron chi connectivity index (χ3n) is 5.23. The topological polar surface area (TPSA) is 223 Å². The molecule has 0 aliphatic rings. The smallest absolute Gasteiger partial charge is 0.295 e. The number of nitrogen functional groups attached to an aromatic ring is 1. The van der Waals surface area contributed by atoms with Gasteiger partial charge in [0.25, 0.3) is 30.3 Å². The minimum absolute atomic E-state index is 0.129. The molecule has 0 aliphatic carbocycles. The van der Waals surface area contributed by atoms with Gasteiger partial charge >= 0.3 is 0 Å². The number of nitrogens with two attached hydrogens (primary N) is 1. The Balaban J connectivity index is 2.07. The quantitative estimate of drug-likeness (QED) is 0.0927. The molecule has 0 saturated carbocycles. The number of sulfonamides is 1. The molecule has 0 spiro atoms. The highest BCUT2D eigenvalue weighted by Crippen LogP contribution is 2.32. The van der Waals surface area contributed by atoms with E-state index in [2.05, 4.69) is 19.8 Å². The van der Waals surface area contributed by atoms with E-state index in [1.807, 2.05) is 0 Å². The number of hydrazine groups is 1. The molecule has 1 heterocycles. The minimum atomic E-state index is -4.91. The number of nitrogens with one attached hydrogen (secondary N) is 1. The Morgan fingerprint density at radius 2 is 1.40 bits per heavy atom. The molecule has 14 nitrogen and oxygen atoms in total. The summed E-state index contributed by atoms with van der Waals surface area (Å²) in [5, 5.41) is 0.755. The summed E-state index contributed by atoms with van der Waals surface area (Å²) in [5.41, 5.74) is 5.06. The van der Waals surface area contributed by atoms with E-state index < -0.39 is 40.1 Å². The number of aromatic nitrogens is 3. The molecule has 0 radical (unpaired) electrons. The van der Waals surface area contributed by atoms with Crippen LogP contribution in [0.2, 0.25) is 0 Å². The third kappa shape index (κ3) is 6.47. The van der Waals surface area contributed by atoms with E-state index in [-0.39, 0.29) is 33.4 Å². The Hall–Kier alpha value is -4.26. The first-order valence-corrected chi connectivity index (χ1v) is 15.3. The van der Waals surface area contributed by atoms with Gasteiger partial charge in [0.1, 0.15) is 22.4 Å². The van der Waals surface area contributed by atoms with Gasteiger partial charge in [-0.15, -0.1) is 4.83 Å². The molecule has 5 N–H and O–H groups in total. The Bertz CT molecular complexity index is 1920. The number of benzene rings is 3. The van der Waals surface area contributed by atoms with Gasteiger partial charge in [0, 0.05) is 11.3 Å². The summed E-state index contributed by atoms with van der Waals surface area (Å²) in [6.45, 7) is 0. The Labute approximate surface area is 229 Å². The van der Waals surface area contributed by atoms with Gasteiger partial charge in [-0.05, 0) is 42.0 Å². The second-order valence-corrected chi connectivity index (χ2v) is 12.4. The maximum absolute atomic E-state index is 13.5. The Kier molecular flexibility index (Phi) is 7.96. The van der Waals surface area contributed by atoms with Crippen LogP contribution >= 0.6 is 0 Å². The molecule has 3 aromatic carbocycles. The van der Waals surface area contributed by atoms with Gasteiger partial charge in [0.05, 0.1) is 10.6 Å². The second kappa shape index (κ2) is 11.1. The van der Waals surface area contributed by atoms with Crippen molar-refractivity contribution >= 4 is 53.7 Å². The summed E-state index contributed by atoms with van der Waals surface area (Å²) in [7, 11) is -14.2. The summed E-state index contributed by atoms with van der Waals surface area (Å²) in [6, 6.07) is 15.4. The predicted molar refractivity (Wildman–Crippen MR) is 144 cm³/mol. The monoisotopic (exact) mass is 604 g/mol. The first-order valence-electron chi connectivity index (χ1n) is 10.9. The van der Waals surface area contributed by atoms with E-state index in [0.29, 0.717) is 0 Å². The van der Waals surface area contributed by atoms with Crippen molar-refractivity contribution in [2.24, 2.45) is 0 Å². The number of nitrogens with zero attached hydrogens (tertiary/aromatic N) is 4.